The second-order valence-electron chi connectivity index (χ2n) is 6.80. The van der Waals surface area contributed by atoms with Gasteiger partial charge in [0.25, 0.3) is 0 Å². The molecule has 1 aliphatic carbocycles. The molecule has 0 amide bonds. The number of benzene rings is 2. The minimum atomic E-state index is -1.41. The lowest BCUT2D eigenvalue weighted by Crippen LogP contribution is -2.83. The van der Waals surface area contributed by atoms with Crippen LogP contribution in [0.15, 0.2) is 54.3 Å². The van der Waals surface area contributed by atoms with Crippen molar-refractivity contribution < 1.29 is 9.47 Å². The van der Waals surface area contributed by atoms with Crippen molar-refractivity contribution in [2.45, 2.75) is 22.0 Å². The summed E-state index contributed by atoms with van der Waals surface area (Å²) in [7, 11) is 0. The number of rotatable bonds is 4. The second-order valence-corrected chi connectivity index (χ2v) is 26.0. The molecule has 2 aromatic carbocycles. The van der Waals surface area contributed by atoms with E-state index in [0.29, 0.717) is 16.0 Å². The molecule has 2 unspecified atom stereocenters. The van der Waals surface area contributed by atoms with Crippen LogP contribution in [0.3, 0.4) is 0 Å². The smallest absolute Gasteiger partial charge is 0.241 e. The fourth-order valence-corrected chi connectivity index (χ4v) is 15.8. The Morgan fingerprint density at radius 3 is 1.41 bits per heavy atom. The number of hydrogen-bond acceptors (Lipinski definition) is 2. The zero-order valence-corrected chi connectivity index (χ0v) is 37.8. The molecule has 2 atom stereocenters. The second kappa shape index (κ2) is 11.4. The zero-order chi connectivity index (χ0) is 26.1. The molecule has 1 fully saturated rings. The van der Waals surface area contributed by atoms with Crippen LogP contribution in [0, 0.1) is 0 Å². The molecule has 0 spiro atoms. The average Bonchev–Trinajstić information content (AvgIpc) is 2.75. The third-order valence-electron chi connectivity index (χ3n) is 4.73. The first-order valence-electron chi connectivity index (χ1n) is 8.45. The molecule has 0 radical (unpaired) electrons. The zero-order valence-electron chi connectivity index (χ0n) is 15.6. The van der Waals surface area contributed by atoms with Gasteiger partial charge in [-0.1, -0.05) is 146 Å². The van der Waals surface area contributed by atoms with Gasteiger partial charge >= 0.3 is 0 Å². The molecule has 3 rings (SSSR count). The van der Waals surface area contributed by atoms with Crippen molar-refractivity contribution in [3.8, 4) is 11.5 Å². The highest BCUT2D eigenvalue weighted by Gasteiger charge is 2.88. The minimum Gasteiger partial charge on any atom is -0.468 e. The van der Waals surface area contributed by atoms with E-state index in [9.17, 15) is 0 Å². The largest absolute Gasteiger partial charge is 0.468 e. The Kier molecular flexibility index (Phi) is 11.2. The summed E-state index contributed by atoms with van der Waals surface area (Å²) in [6.45, 7) is 0. The van der Waals surface area contributed by atoms with Crippen LogP contribution in [0.2, 0.25) is 0 Å². The highest BCUT2D eigenvalue weighted by molar-refractivity contribution is 9.35. The average molecular weight is 1370 g/mol. The topological polar surface area (TPSA) is 18.5 Å². The fourth-order valence-electron chi connectivity index (χ4n) is 2.89. The molecule has 0 saturated heterocycles. The van der Waals surface area contributed by atoms with E-state index in [-0.39, 0.29) is 0 Å². The molecule has 1 saturated carbocycles. The number of para-hydroxylation sites is 1. The van der Waals surface area contributed by atoms with E-state index in [0.717, 1.165) is 13.4 Å². The summed E-state index contributed by atoms with van der Waals surface area (Å²) >= 11 is 53.1. The molecule has 2 nitrogen and oxygen atoms in total. The monoisotopic (exact) mass is 1360 g/mol. The molecular formula is C18H6Br14O2. The van der Waals surface area contributed by atoms with E-state index >= 15 is 0 Å². The van der Waals surface area contributed by atoms with Crippen LogP contribution in [0.25, 0.3) is 0 Å². The molecule has 1 aliphatic rings. The van der Waals surface area contributed by atoms with Crippen molar-refractivity contribution in [2.75, 3.05) is 0 Å². The first-order chi connectivity index (χ1) is 15.3. The van der Waals surface area contributed by atoms with Gasteiger partial charge < -0.3 is 9.47 Å². The summed E-state index contributed by atoms with van der Waals surface area (Å²) in [5.74, 6) is 1.10. The van der Waals surface area contributed by atoms with Crippen molar-refractivity contribution in [1.29, 1.82) is 0 Å². The van der Waals surface area contributed by atoms with Crippen LogP contribution in [0.1, 0.15) is 0 Å². The van der Waals surface area contributed by atoms with E-state index in [2.05, 4.69) is 223 Å². The van der Waals surface area contributed by atoms with Crippen molar-refractivity contribution in [3.63, 3.8) is 0 Å². The van der Waals surface area contributed by atoms with Gasteiger partial charge in [-0.3, -0.25) is 0 Å². The van der Waals surface area contributed by atoms with Gasteiger partial charge in [-0.05, 0) is 114 Å². The van der Waals surface area contributed by atoms with E-state index < -0.39 is 22.0 Å². The highest BCUT2D eigenvalue weighted by atomic mass is 79.9. The normalized spacial score (nSPS) is 28.9. The molecule has 0 aromatic heterocycles. The summed E-state index contributed by atoms with van der Waals surface area (Å²) in [4.78, 5) is 0. The Balaban J connectivity index is 2.36. The number of halogens is 14. The van der Waals surface area contributed by atoms with E-state index in [1.165, 1.54) is 0 Å². The Labute approximate surface area is 314 Å². The van der Waals surface area contributed by atoms with Gasteiger partial charge in [0.05, 0.1) is 8.95 Å². The van der Waals surface area contributed by atoms with Gasteiger partial charge in [-0.15, -0.1) is 0 Å². The van der Waals surface area contributed by atoms with Gasteiger partial charge in [0.2, 0.25) is 9.02 Å². The van der Waals surface area contributed by atoms with Gasteiger partial charge in [0.1, 0.15) is 18.0 Å². The fraction of sp³-hybridized carbons (Fsp3) is 0.333. The first-order valence-corrected chi connectivity index (χ1v) is 19.6. The molecule has 0 N–H and O–H groups in total. The maximum atomic E-state index is 6.82. The quantitative estimate of drug-likeness (QED) is 0.173. The van der Waals surface area contributed by atoms with Crippen molar-refractivity contribution >= 4 is 223 Å². The van der Waals surface area contributed by atoms with Crippen molar-refractivity contribution in [2.24, 2.45) is 0 Å². The third kappa shape index (κ3) is 5.02. The van der Waals surface area contributed by atoms with E-state index in [1.54, 1.807) is 0 Å². The summed E-state index contributed by atoms with van der Waals surface area (Å²) in [6, 6.07) is 11.2. The molecule has 0 aliphatic heterocycles. The van der Waals surface area contributed by atoms with Gasteiger partial charge in [0, 0.05) is 8.95 Å². The number of hydrogen-bond donors (Lipinski definition) is 0. The predicted molar refractivity (Wildman–Crippen MR) is 191 cm³/mol. The molecule has 0 bridgehead atoms. The predicted octanol–water partition coefficient (Wildman–Crippen LogP) is 13.3. The Bertz CT molecular complexity index is 1110. The van der Waals surface area contributed by atoms with Crippen LogP contribution in [0.5, 0.6) is 11.5 Å². The molecule has 16 heteroatoms. The van der Waals surface area contributed by atoms with E-state index in [1.807, 2.05) is 36.4 Å². The van der Waals surface area contributed by atoms with Gasteiger partial charge in [-0.2, -0.15) is 0 Å². The Hall–Kier alpha value is 4.76. The molecule has 0 heterocycles. The van der Waals surface area contributed by atoms with Gasteiger partial charge in [0.15, 0.2) is 6.47 Å². The molecule has 188 valence electrons. The van der Waals surface area contributed by atoms with Crippen LogP contribution in [-0.2, 0) is 0 Å². The summed E-state index contributed by atoms with van der Waals surface area (Å²) in [6.07, 6.45) is 0. The summed E-state index contributed by atoms with van der Waals surface area (Å²) < 4.78 is 9.59. The lowest BCUT2D eigenvalue weighted by atomic mass is 9.92. The number of ether oxygens (including phenoxy) is 2. The van der Waals surface area contributed by atoms with E-state index in [4.69, 9.17) is 9.47 Å². The number of alkyl halides is 10. The maximum Gasteiger partial charge on any atom is 0.241 e. The van der Waals surface area contributed by atoms with Crippen molar-refractivity contribution in [3.05, 3.63) is 54.3 Å². The van der Waals surface area contributed by atoms with Gasteiger partial charge in [-0.25, -0.2) is 0 Å². The van der Waals surface area contributed by atoms with Crippen LogP contribution < -0.4 is 9.47 Å². The summed E-state index contributed by atoms with van der Waals surface area (Å²) in [5, 5.41) is 0. The molecule has 2 aromatic rings. The SMILES string of the molecule is Brc1cc(OC2(Br)C(Br)(Br)C(Br)(Br)C(Br)(Br)C(Br)(Br)C2(Br)Oc2ccccc2)c(Br)c(Br)c1Br. The first kappa shape index (κ1) is 33.3. The Morgan fingerprint density at radius 2 is 0.941 bits per heavy atom. The lowest BCUT2D eigenvalue weighted by Gasteiger charge is -2.65. The highest BCUT2D eigenvalue weighted by Crippen LogP contribution is 2.80. The van der Waals surface area contributed by atoms with Crippen LogP contribution >= 0.6 is 223 Å². The molecule has 34 heavy (non-hydrogen) atoms. The minimum absolute atomic E-state index is 0.505. The lowest BCUT2D eigenvalue weighted by molar-refractivity contribution is -0.0161. The third-order valence-corrected chi connectivity index (χ3v) is 30.4. The van der Waals surface area contributed by atoms with Crippen molar-refractivity contribution in [1.82, 2.24) is 0 Å². The maximum absolute atomic E-state index is 6.82. The standard InChI is InChI=1S/C18H6Br14O2/c19-8-6-9(11(21)12(22)10(8)20)34-18(32)16(29,30)14(25,26)13(23,24)15(27,28)17(18,31)33-7-4-2-1-3-5-7/h1-6H. The van der Waals surface area contributed by atoms with Crippen LogP contribution in [-0.4, -0.2) is 22.0 Å². The Morgan fingerprint density at radius 1 is 0.500 bits per heavy atom. The summed E-state index contributed by atoms with van der Waals surface area (Å²) in [5.41, 5.74) is 0. The van der Waals surface area contributed by atoms with Crippen LogP contribution in [0.4, 0.5) is 0 Å². The molecular weight excluding hydrogens is 1370 g/mol.